The van der Waals surface area contributed by atoms with Crippen LogP contribution in [-0.4, -0.2) is 72.3 Å². The molecule has 192 valence electrons. The molecule has 10 nitrogen and oxygen atoms in total. The van der Waals surface area contributed by atoms with Gasteiger partial charge in [-0.25, -0.2) is 4.79 Å². The summed E-state index contributed by atoms with van der Waals surface area (Å²) < 4.78 is 11.7. The SMILES string of the molecule is CN1CC(=O)Oc2cc(CN3CC[C@H](Oc4ccc5c(c4)CN(C4CCC(=O)NC4=O)C5=O)C3)ccc21. The van der Waals surface area contributed by atoms with Gasteiger partial charge < -0.3 is 19.3 Å². The van der Waals surface area contributed by atoms with E-state index in [9.17, 15) is 19.2 Å². The standard InChI is InChI=1S/C27H28N4O6/c1-29-15-25(33)37-23-10-16(2-5-21(23)29)12-30-9-8-19(14-30)36-18-3-4-20-17(11-18)13-31(27(20)35)22-6-7-24(32)28-26(22)34/h2-5,10-11,19,22H,6-9,12-15H2,1H3,(H,28,32,34)/t19-,22?/m0/s1. The van der Waals surface area contributed by atoms with E-state index in [0.29, 0.717) is 30.0 Å². The number of likely N-dealkylation sites (tertiary alicyclic amines) is 1. The van der Waals surface area contributed by atoms with Crippen molar-refractivity contribution in [1.82, 2.24) is 15.1 Å². The maximum absolute atomic E-state index is 12.9. The van der Waals surface area contributed by atoms with Gasteiger partial charge in [0.2, 0.25) is 11.8 Å². The number of imide groups is 1. The molecule has 2 fully saturated rings. The second-order valence-corrected chi connectivity index (χ2v) is 10.1. The lowest BCUT2D eigenvalue weighted by Gasteiger charge is -2.29. The number of anilines is 1. The number of nitrogens with one attached hydrogen (secondary N) is 1. The van der Waals surface area contributed by atoms with E-state index in [1.54, 1.807) is 11.0 Å². The van der Waals surface area contributed by atoms with Gasteiger partial charge in [-0.15, -0.1) is 0 Å². The third-order valence-electron chi connectivity index (χ3n) is 7.46. The highest BCUT2D eigenvalue weighted by Gasteiger charge is 2.39. The fraction of sp³-hybridized carbons (Fsp3) is 0.407. The van der Waals surface area contributed by atoms with Crippen molar-refractivity contribution >= 4 is 29.4 Å². The van der Waals surface area contributed by atoms with Gasteiger partial charge in [-0.05, 0) is 54.3 Å². The Morgan fingerprint density at radius 1 is 1.05 bits per heavy atom. The van der Waals surface area contributed by atoms with E-state index >= 15 is 0 Å². The number of nitrogens with zero attached hydrogens (tertiary/aromatic N) is 3. The Morgan fingerprint density at radius 3 is 2.76 bits per heavy atom. The van der Waals surface area contributed by atoms with Crippen LogP contribution < -0.4 is 19.7 Å². The summed E-state index contributed by atoms with van der Waals surface area (Å²) in [5, 5.41) is 2.33. The summed E-state index contributed by atoms with van der Waals surface area (Å²) in [6.07, 6.45) is 1.47. The molecule has 10 heteroatoms. The van der Waals surface area contributed by atoms with E-state index in [2.05, 4.69) is 16.3 Å². The Kier molecular flexibility index (Phi) is 5.83. The highest BCUT2D eigenvalue weighted by Crippen LogP contribution is 2.33. The van der Waals surface area contributed by atoms with Crippen LogP contribution in [-0.2, 0) is 27.5 Å². The molecule has 4 heterocycles. The quantitative estimate of drug-likeness (QED) is 0.371. The van der Waals surface area contributed by atoms with E-state index in [1.807, 2.05) is 36.2 Å². The fourth-order valence-electron chi connectivity index (χ4n) is 5.60. The van der Waals surface area contributed by atoms with Gasteiger partial charge >= 0.3 is 5.97 Å². The van der Waals surface area contributed by atoms with Gasteiger partial charge in [-0.1, -0.05) is 6.07 Å². The molecule has 1 unspecified atom stereocenters. The van der Waals surface area contributed by atoms with Crippen molar-refractivity contribution in [3.63, 3.8) is 0 Å². The lowest BCUT2D eigenvalue weighted by atomic mass is 10.0. The number of esters is 1. The van der Waals surface area contributed by atoms with Crippen LogP contribution in [0.3, 0.4) is 0 Å². The first-order chi connectivity index (χ1) is 17.8. The van der Waals surface area contributed by atoms with Crippen LogP contribution in [0, 0.1) is 0 Å². The minimum Gasteiger partial charge on any atom is -0.489 e. The number of piperidine rings is 1. The number of carbonyl (C=O) groups is 4. The zero-order valence-electron chi connectivity index (χ0n) is 20.6. The Bertz CT molecular complexity index is 1310. The van der Waals surface area contributed by atoms with Crippen LogP contribution in [0.4, 0.5) is 5.69 Å². The fourth-order valence-corrected chi connectivity index (χ4v) is 5.60. The first kappa shape index (κ1) is 23.5. The van der Waals surface area contributed by atoms with E-state index in [4.69, 9.17) is 9.47 Å². The van der Waals surface area contributed by atoms with Crippen LogP contribution in [0.1, 0.15) is 40.7 Å². The molecule has 2 aromatic carbocycles. The number of benzene rings is 2. The minimum atomic E-state index is -0.627. The molecule has 0 spiro atoms. The number of hydrogen-bond donors (Lipinski definition) is 1. The molecule has 4 aliphatic heterocycles. The topological polar surface area (TPSA) is 108 Å². The zero-order chi connectivity index (χ0) is 25.7. The number of hydrogen-bond acceptors (Lipinski definition) is 8. The van der Waals surface area contributed by atoms with Crippen molar-refractivity contribution in [3.8, 4) is 11.5 Å². The minimum absolute atomic E-state index is 0.0166. The Hall–Kier alpha value is -3.92. The van der Waals surface area contributed by atoms with Crippen LogP contribution in [0.2, 0.25) is 0 Å². The molecule has 4 aliphatic rings. The summed E-state index contributed by atoms with van der Waals surface area (Å²) in [4.78, 5) is 54.2. The van der Waals surface area contributed by atoms with Crippen molar-refractivity contribution < 1.29 is 28.7 Å². The summed E-state index contributed by atoms with van der Waals surface area (Å²) in [5.74, 6) is 0.149. The monoisotopic (exact) mass is 504 g/mol. The zero-order valence-corrected chi connectivity index (χ0v) is 20.6. The third-order valence-corrected chi connectivity index (χ3v) is 7.46. The first-order valence-electron chi connectivity index (χ1n) is 12.6. The highest BCUT2D eigenvalue weighted by atomic mass is 16.5. The van der Waals surface area contributed by atoms with Gasteiger partial charge in [0.15, 0.2) is 5.75 Å². The third kappa shape index (κ3) is 4.53. The predicted octanol–water partition coefficient (Wildman–Crippen LogP) is 1.46. The second kappa shape index (κ2) is 9.19. The van der Waals surface area contributed by atoms with Gasteiger partial charge in [-0.3, -0.25) is 24.6 Å². The molecule has 3 amide bonds. The number of amides is 3. The van der Waals surface area contributed by atoms with Crippen molar-refractivity contribution in [2.75, 3.05) is 31.6 Å². The molecular formula is C27H28N4O6. The molecule has 2 atom stereocenters. The van der Waals surface area contributed by atoms with E-state index in [-0.39, 0.29) is 36.9 Å². The van der Waals surface area contributed by atoms with E-state index in [0.717, 1.165) is 42.9 Å². The lowest BCUT2D eigenvalue weighted by molar-refractivity contribution is -0.137. The molecule has 0 bridgehead atoms. The largest absolute Gasteiger partial charge is 0.489 e. The molecule has 2 saturated heterocycles. The van der Waals surface area contributed by atoms with Crippen molar-refractivity contribution in [3.05, 3.63) is 53.1 Å². The molecule has 0 aromatic heterocycles. The van der Waals surface area contributed by atoms with E-state index in [1.165, 1.54) is 0 Å². The number of fused-ring (bicyclic) bond motifs is 2. The first-order valence-corrected chi connectivity index (χ1v) is 12.6. The number of rotatable bonds is 5. The Balaban J connectivity index is 1.07. The number of carbonyl (C=O) groups excluding carboxylic acids is 4. The molecule has 6 rings (SSSR count). The molecule has 37 heavy (non-hydrogen) atoms. The van der Waals surface area contributed by atoms with Crippen molar-refractivity contribution in [2.24, 2.45) is 0 Å². The van der Waals surface area contributed by atoms with Crippen LogP contribution >= 0.6 is 0 Å². The average Bonchev–Trinajstić information content (AvgIpc) is 3.42. The second-order valence-electron chi connectivity index (χ2n) is 10.1. The smallest absolute Gasteiger partial charge is 0.330 e. The summed E-state index contributed by atoms with van der Waals surface area (Å²) >= 11 is 0. The molecular weight excluding hydrogens is 476 g/mol. The molecule has 0 saturated carbocycles. The summed E-state index contributed by atoms with van der Waals surface area (Å²) in [6, 6.07) is 10.8. The Morgan fingerprint density at radius 2 is 1.92 bits per heavy atom. The molecule has 0 aliphatic carbocycles. The number of ether oxygens (including phenoxy) is 2. The van der Waals surface area contributed by atoms with Gasteiger partial charge in [0.1, 0.15) is 24.4 Å². The van der Waals surface area contributed by atoms with Crippen LogP contribution in [0.5, 0.6) is 11.5 Å². The van der Waals surface area contributed by atoms with Gasteiger partial charge in [0.05, 0.1) is 5.69 Å². The number of likely N-dealkylation sites (N-methyl/N-ethyl adjacent to an activating group) is 1. The summed E-state index contributed by atoms with van der Waals surface area (Å²) in [6.45, 7) is 2.95. The maximum Gasteiger partial charge on any atom is 0.330 e. The van der Waals surface area contributed by atoms with E-state index < -0.39 is 11.9 Å². The van der Waals surface area contributed by atoms with Crippen molar-refractivity contribution in [1.29, 1.82) is 0 Å². The van der Waals surface area contributed by atoms with Gasteiger partial charge in [0, 0.05) is 45.2 Å². The van der Waals surface area contributed by atoms with Crippen LogP contribution in [0.25, 0.3) is 0 Å². The maximum atomic E-state index is 12.9. The lowest BCUT2D eigenvalue weighted by Crippen LogP contribution is -2.52. The molecule has 0 radical (unpaired) electrons. The van der Waals surface area contributed by atoms with Gasteiger partial charge in [0.25, 0.3) is 5.91 Å². The summed E-state index contributed by atoms with van der Waals surface area (Å²) in [7, 11) is 1.88. The Labute approximate surface area is 214 Å². The average molecular weight is 505 g/mol. The highest BCUT2D eigenvalue weighted by molar-refractivity contribution is 6.05. The molecule has 2 aromatic rings. The van der Waals surface area contributed by atoms with Gasteiger partial charge in [-0.2, -0.15) is 0 Å². The molecule has 1 N–H and O–H groups in total. The summed E-state index contributed by atoms with van der Waals surface area (Å²) in [5.41, 5.74) is 3.39. The predicted molar refractivity (Wildman–Crippen MR) is 132 cm³/mol. The normalized spacial score (nSPS) is 23.6. The van der Waals surface area contributed by atoms with Crippen LogP contribution in [0.15, 0.2) is 36.4 Å². The van der Waals surface area contributed by atoms with Crippen molar-refractivity contribution in [2.45, 2.75) is 44.5 Å².